The number of aryl methyl sites for hydroxylation is 1. The molecule has 2 aromatic carbocycles. The molecule has 2 aromatic rings. The van der Waals surface area contributed by atoms with E-state index < -0.39 is 12.0 Å². The number of aliphatic hydroxyl groups is 1. The lowest BCUT2D eigenvalue weighted by Gasteiger charge is -2.19. The minimum atomic E-state index is -1.13. The summed E-state index contributed by atoms with van der Waals surface area (Å²) in [6.07, 6.45) is -1.13. The highest BCUT2D eigenvalue weighted by Crippen LogP contribution is 2.25. The highest BCUT2D eigenvalue weighted by atomic mass is 16.5. The highest BCUT2D eigenvalue weighted by molar-refractivity contribution is 5.95. The summed E-state index contributed by atoms with van der Waals surface area (Å²) in [7, 11) is 1.54. The molecule has 1 amide bonds. The van der Waals surface area contributed by atoms with Crippen molar-refractivity contribution in [1.82, 2.24) is 0 Å². The fourth-order valence-corrected chi connectivity index (χ4v) is 2.23. The quantitative estimate of drug-likeness (QED) is 0.892. The molecule has 2 rings (SSSR count). The van der Waals surface area contributed by atoms with Crippen LogP contribution in [0.15, 0.2) is 48.5 Å². The Labute approximate surface area is 130 Å². The van der Waals surface area contributed by atoms with Crippen LogP contribution in [0.25, 0.3) is 0 Å². The molecule has 116 valence electrons. The van der Waals surface area contributed by atoms with Gasteiger partial charge in [-0.05, 0) is 24.6 Å². The van der Waals surface area contributed by atoms with Crippen molar-refractivity contribution in [3.05, 3.63) is 59.7 Å². The van der Waals surface area contributed by atoms with Crippen LogP contribution in [0.4, 0.5) is 5.69 Å². The minimum absolute atomic E-state index is 0.296. The Hall–Kier alpha value is -2.33. The Morgan fingerprint density at radius 1 is 1.14 bits per heavy atom. The number of methoxy groups -OCH3 is 1. The monoisotopic (exact) mass is 299 g/mol. The van der Waals surface area contributed by atoms with Gasteiger partial charge in [0.25, 0.3) is 5.91 Å². The van der Waals surface area contributed by atoms with Crippen molar-refractivity contribution in [3.63, 3.8) is 0 Å². The second-order valence-electron chi connectivity index (χ2n) is 5.33. The van der Waals surface area contributed by atoms with Crippen molar-refractivity contribution >= 4 is 11.6 Å². The number of anilines is 1. The molecule has 0 aromatic heterocycles. The van der Waals surface area contributed by atoms with Crippen LogP contribution >= 0.6 is 0 Å². The van der Waals surface area contributed by atoms with Gasteiger partial charge in [0.15, 0.2) is 0 Å². The summed E-state index contributed by atoms with van der Waals surface area (Å²) in [5, 5.41) is 13.0. The average molecular weight is 299 g/mol. The molecule has 4 heteroatoms. The van der Waals surface area contributed by atoms with Gasteiger partial charge >= 0.3 is 0 Å². The zero-order chi connectivity index (χ0) is 16.1. The SMILES string of the molecule is COc1ccccc1NC(=O)[C@H](O)[C@@H](C)c1ccc(C)cc1. The van der Waals surface area contributed by atoms with Gasteiger partial charge in [0.2, 0.25) is 0 Å². The third kappa shape index (κ3) is 3.65. The van der Waals surface area contributed by atoms with Gasteiger partial charge in [0, 0.05) is 5.92 Å². The molecular weight excluding hydrogens is 278 g/mol. The summed E-state index contributed by atoms with van der Waals surface area (Å²) >= 11 is 0. The van der Waals surface area contributed by atoms with Crippen molar-refractivity contribution in [2.45, 2.75) is 25.9 Å². The molecule has 0 bridgehead atoms. The molecule has 0 fully saturated rings. The normalized spacial score (nSPS) is 13.3. The van der Waals surface area contributed by atoms with E-state index in [1.807, 2.05) is 44.2 Å². The maximum absolute atomic E-state index is 12.2. The molecule has 4 nitrogen and oxygen atoms in total. The fraction of sp³-hybridized carbons (Fsp3) is 0.278. The number of nitrogens with one attached hydrogen (secondary N) is 1. The van der Waals surface area contributed by atoms with Crippen LogP contribution < -0.4 is 10.1 Å². The van der Waals surface area contributed by atoms with Gasteiger partial charge in [-0.1, -0.05) is 48.9 Å². The number of rotatable bonds is 5. The van der Waals surface area contributed by atoms with Crippen LogP contribution in [-0.2, 0) is 4.79 Å². The van der Waals surface area contributed by atoms with Crippen LogP contribution in [-0.4, -0.2) is 24.2 Å². The van der Waals surface area contributed by atoms with Crippen molar-refractivity contribution in [2.75, 3.05) is 12.4 Å². The van der Waals surface area contributed by atoms with Gasteiger partial charge in [-0.3, -0.25) is 4.79 Å². The third-order valence-electron chi connectivity index (χ3n) is 3.71. The van der Waals surface area contributed by atoms with Gasteiger partial charge in [-0.2, -0.15) is 0 Å². The second kappa shape index (κ2) is 7.09. The summed E-state index contributed by atoms with van der Waals surface area (Å²) in [6, 6.07) is 14.9. The Morgan fingerprint density at radius 3 is 2.41 bits per heavy atom. The summed E-state index contributed by atoms with van der Waals surface area (Å²) in [5.74, 6) is -0.182. The van der Waals surface area contributed by atoms with Gasteiger partial charge in [0.1, 0.15) is 11.9 Å². The first kappa shape index (κ1) is 16.0. The van der Waals surface area contributed by atoms with Crippen molar-refractivity contribution in [1.29, 1.82) is 0 Å². The average Bonchev–Trinajstić information content (AvgIpc) is 2.54. The molecule has 0 aliphatic carbocycles. The standard InChI is InChI=1S/C18H21NO3/c1-12-8-10-14(11-9-12)13(2)17(20)18(21)19-15-6-4-5-7-16(15)22-3/h4-11,13,17,20H,1-3H3,(H,19,21)/t13-,17+/m0/s1. The zero-order valence-electron chi connectivity index (χ0n) is 13.0. The molecule has 2 atom stereocenters. The van der Waals surface area contributed by atoms with E-state index in [2.05, 4.69) is 5.32 Å². The van der Waals surface area contributed by atoms with E-state index in [0.717, 1.165) is 11.1 Å². The predicted octanol–water partition coefficient (Wildman–Crippen LogP) is 3.11. The Bertz CT molecular complexity index is 637. The van der Waals surface area contributed by atoms with Gasteiger partial charge < -0.3 is 15.2 Å². The van der Waals surface area contributed by atoms with E-state index >= 15 is 0 Å². The molecule has 0 aliphatic heterocycles. The molecule has 0 spiro atoms. The van der Waals surface area contributed by atoms with Crippen molar-refractivity contribution in [2.24, 2.45) is 0 Å². The number of hydrogen-bond donors (Lipinski definition) is 2. The minimum Gasteiger partial charge on any atom is -0.495 e. The van der Waals surface area contributed by atoms with E-state index in [0.29, 0.717) is 11.4 Å². The number of aliphatic hydroxyl groups excluding tert-OH is 1. The Morgan fingerprint density at radius 2 is 1.77 bits per heavy atom. The predicted molar refractivity (Wildman–Crippen MR) is 87.2 cm³/mol. The highest BCUT2D eigenvalue weighted by Gasteiger charge is 2.24. The van der Waals surface area contributed by atoms with E-state index in [1.165, 1.54) is 7.11 Å². The molecule has 0 unspecified atom stereocenters. The molecule has 0 radical (unpaired) electrons. The first-order valence-corrected chi connectivity index (χ1v) is 7.21. The van der Waals surface area contributed by atoms with E-state index in [9.17, 15) is 9.90 Å². The van der Waals surface area contributed by atoms with Crippen molar-refractivity contribution in [3.8, 4) is 5.75 Å². The van der Waals surface area contributed by atoms with Crippen LogP contribution in [0, 0.1) is 6.92 Å². The van der Waals surface area contributed by atoms with E-state index in [1.54, 1.807) is 18.2 Å². The maximum Gasteiger partial charge on any atom is 0.253 e. The number of benzene rings is 2. The number of carbonyl (C=O) groups excluding carboxylic acids is 1. The summed E-state index contributed by atoms with van der Waals surface area (Å²) in [4.78, 5) is 12.2. The van der Waals surface area contributed by atoms with Gasteiger partial charge in [0.05, 0.1) is 12.8 Å². The Balaban J connectivity index is 2.10. The van der Waals surface area contributed by atoms with Crippen LogP contribution in [0.2, 0.25) is 0 Å². The number of ether oxygens (including phenoxy) is 1. The molecule has 0 saturated carbocycles. The fourth-order valence-electron chi connectivity index (χ4n) is 2.23. The molecule has 0 aliphatic rings. The van der Waals surface area contributed by atoms with Gasteiger partial charge in [-0.15, -0.1) is 0 Å². The first-order chi connectivity index (χ1) is 10.5. The van der Waals surface area contributed by atoms with Crippen LogP contribution in [0.3, 0.4) is 0 Å². The molecule has 22 heavy (non-hydrogen) atoms. The lowest BCUT2D eigenvalue weighted by atomic mass is 9.94. The molecule has 2 N–H and O–H groups in total. The van der Waals surface area contributed by atoms with E-state index in [4.69, 9.17) is 4.74 Å². The smallest absolute Gasteiger partial charge is 0.253 e. The number of carbonyl (C=O) groups is 1. The topological polar surface area (TPSA) is 58.6 Å². The lowest BCUT2D eigenvalue weighted by Crippen LogP contribution is -2.32. The van der Waals surface area contributed by atoms with Crippen LogP contribution in [0.1, 0.15) is 24.0 Å². The van der Waals surface area contributed by atoms with Gasteiger partial charge in [-0.25, -0.2) is 0 Å². The Kier molecular flexibility index (Phi) is 5.17. The lowest BCUT2D eigenvalue weighted by molar-refractivity contribution is -0.124. The first-order valence-electron chi connectivity index (χ1n) is 7.21. The maximum atomic E-state index is 12.2. The number of para-hydroxylation sites is 2. The largest absolute Gasteiger partial charge is 0.495 e. The third-order valence-corrected chi connectivity index (χ3v) is 3.71. The van der Waals surface area contributed by atoms with Crippen LogP contribution in [0.5, 0.6) is 5.75 Å². The number of amides is 1. The molecule has 0 saturated heterocycles. The second-order valence-corrected chi connectivity index (χ2v) is 5.33. The number of hydrogen-bond acceptors (Lipinski definition) is 3. The summed E-state index contributed by atoms with van der Waals surface area (Å²) in [6.45, 7) is 3.83. The van der Waals surface area contributed by atoms with Crippen molar-refractivity contribution < 1.29 is 14.6 Å². The molecular formula is C18H21NO3. The zero-order valence-corrected chi connectivity index (χ0v) is 13.0. The molecule has 0 heterocycles. The van der Waals surface area contributed by atoms with E-state index in [-0.39, 0.29) is 5.92 Å². The summed E-state index contributed by atoms with van der Waals surface area (Å²) in [5.41, 5.74) is 2.61. The summed E-state index contributed by atoms with van der Waals surface area (Å²) < 4.78 is 5.19.